The Bertz CT molecular complexity index is 695. The summed E-state index contributed by atoms with van der Waals surface area (Å²) in [5.41, 5.74) is 4.09. The van der Waals surface area contributed by atoms with E-state index >= 15 is 0 Å². The number of hydrogen-bond acceptors (Lipinski definition) is 2. The highest BCUT2D eigenvalue weighted by Crippen LogP contribution is 2.21. The molecule has 0 bridgehead atoms. The van der Waals surface area contributed by atoms with Gasteiger partial charge in [0.1, 0.15) is 5.75 Å². The normalized spacial score (nSPS) is 12.0. The van der Waals surface area contributed by atoms with Crippen molar-refractivity contribution in [3.63, 3.8) is 0 Å². The van der Waals surface area contributed by atoms with Crippen molar-refractivity contribution in [3.8, 4) is 5.75 Å². The van der Waals surface area contributed by atoms with E-state index in [1.807, 2.05) is 39.0 Å². The Labute approximate surface area is 135 Å². The fourth-order valence-corrected chi connectivity index (χ4v) is 2.39. The Morgan fingerprint density at radius 1 is 1.09 bits per heavy atom. The molecule has 0 saturated carbocycles. The molecule has 0 fully saturated rings. The second-order valence-corrected chi connectivity index (χ2v) is 5.90. The van der Waals surface area contributed by atoms with E-state index in [0.29, 0.717) is 10.8 Å². The number of benzene rings is 2. The van der Waals surface area contributed by atoms with E-state index in [4.69, 9.17) is 16.3 Å². The number of carbonyl (C=O) groups is 1. The van der Waals surface area contributed by atoms with Crippen LogP contribution in [0, 0.1) is 20.8 Å². The van der Waals surface area contributed by atoms with Crippen LogP contribution < -0.4 is 4.74 Å². The zero-order chi connectivity index (χ0) is 16.3. The fraction of sp³-hybridized carbons (Fsp3) is 0.278. The number of halogens is 1. The van der Waals surface area contributed by atoms with E-state index in [2.05, 4.69) is 0 Å². The number of rotatable bonds is 5. The summed E-state index contributed by atoms with van der Waals surface area (Å²) in [6.07, 6.45) is -0.673. The SMILES string of the molecule is Cc1ccc(O[C@@H](Cc2cc(Cl)ccc2C)C(=O)O)cc1C. The second kappa shape index (κ2) is 6.84. The van der Waals surface area contributed by atoms with Crippen molar-refractivity contribution in [2.75, 3.05) is 0 Å². The minimum absolute atomic E-state index is 0.272. The number of carboxylic acids is 1. The van der Waals surface area contributed by atoms with Crippen LogP contribution in [0.2, 0.25) is 5.02 Å². The van der Waals surface area contributed by atoms with Crippen molar-refractivity contribution in [2.45, 2.75) is 33.3 Å². The van der Waals surface area contributed by atoms with Crippen LogP contribution in [0.3, 0.4) is 0 Å². The van der Waals surface area contributed by atoms with E-state index in [1.54, 1.807) is 18.2 Å². The first-order chi connectivity index (χ1) is 10.4. The largest absolute Gasteiger partial charge is 0.478 e. The molecule has 3 nitrogen and oxygen atoms in total. The zero-order valence-corrected chi connectivity index (χ0v) is 13.6. The van der Waals surface area contributed by atoms with Gasteiger partial charge in [-0.05, 0) is 67.3 Å². The van der Waals surface area contributed by atoms with Gasteiger partial charge in [0.05, 0.1) is 0 Å². The van der Waals surface area contributed by atoms with E-state index in [1.165, 1.54) is 0 Å². The molecule has 2 aromatic rings. The van der Waals surface area contributed by atoms with E-state index < -0.39 is 12.1 Å². The highest BCUT2D eigenvalue weighted by Gasteiger charge is 2.21. The van der Waals surface area contributed by atoms with Gasteiger partial charge in [-0.2, -0.15) is 0 Å². The average molecular weight is 319 g/mol. The first kappa shape index (κ1) is 16.4. The molecule has 0 unspecified atom stereocenters. The standard InChI is InChI=1S/C18H19ClO3/c1-11-5-7-16(8-13(11)3)22-17(18(20)21)10-14-9-15(19)6-4-12(14)2/h4-9,17H,10H2,1-3H3,(H,20,21)/t17-/m0/s1. The van der Waals surface area contributed by atoms with Crippen molar-refractivity contribution in [1.29, 1.82) is 0 Å². The molecular weight excluding hydrogens is 300 g/mol. The van der Waals surface area contributed by atoms with Crippen molar-refractivity contribution in [2.24, 2.45) is 0 Å². The van der Waals surface area contributed by atoms with Crippen LogP contribution in [-0.2, 0) is 11.2 Å². The van der Waals surface area contributed by atoms with Crippen LogP contribution in [0.15, 0.2) is 36.4 Å². The third-order valence-electron chi connectivity index (χ3n) is 3.75. The molecular formula is C18H19ClO3. The molecule has 22 heavy (non-hydrogen) atoms. The molecule has 0 radical (unpaired) electrons. The van der Waals surface area contributed by atoms with Gasteiger partial charge in [-0.3, -0.25) is 0 Å². The van der Waals surface area contributed by atoms with E-state index in [9.17, 15) is 9.90 Å². The molecule has 2 rings (SSSR count). The quantitative estimate of drug-likeness (QED) is 0.892. The lowest BCUT2D eigenvalue weighted by molar-refractivity contribution is -0.145. The van der Waals surface area contributed by atoms with Crippen molar-refractivity contribution < 1.29 is 14.6 Å². The highest BCUT2D eigenvalue weighted by atomic mass is 35.5. The maximum absolute atomic E-state index is 11.5. The Kier molecular flexibility index (Phi) is 5.09. The first-order valence-electron chi connectivity index (χ1n) is 7.08. The van der Waals surface area contributed by atoms with E-state index in [0.717, 1.165) is 22.3 Å². The monoisotopic (exact) mass is 318 g/mol. The Balaban J connectivity index is 2.21. The first-order valence-corrected chi connectivity index (χ1v) is 7.46. The summed E-state index contributed by atoms with van der Waals surface area (Å²) in [5.74, 6) is -0.423. The maximum Gasteiger partial charge on any atom is 0.345 e. The van der Waals surface area contributed by atoms with Gasteiger partial charge in [0.15, 0.2) is 6.10 Å². The number of aryl methyl sites for hydroxylation is 3. The van der Waals surface area contributed by atoms with Gasteiger partial charge in [0.25, 0.3) is 0 Å². The van der Waals surface area contributed by atoms with Crippen LogP contribution in [0.25, 0.3) is 0 Å². The van der Waals surface area contributed by atoms with Gasteiger partial charge in [0.2, 0.25) is 0 Å². The molecule has 2 aromatic carbocycles. The minimum atomic E-state index is -0.988. The van der Waals surface area contributed by atoms with Crippen LogP contribution in [0.5, 0.6) is 5.75 Å². The summed E-state index contributed by atoms with van der Waals surface area (Å²) in [6, 6.07) is 11.0. The molecule has 116 valence electrons. The maximum atomic E-state index is 11.5. The Morgan fingerprint density at radius 2 is 1.77 bits per heavy atom. The second-order valence-electron chi connectivity index (χ2n) is 5.47. The third-order valence-corrected chi connectivity index (χ3v) is 3.98. The number of hydrogen-bond donors (Lipinski definition) is 1. The molecule has 4 heteroatoms. The lowest BCUT2D eigenvalue weighted by Gasteiger charge is -2.17. The topological polar surface area (TPSA) is 46.5 Å². The molecule has 0 aromatic heterocycles. The fourth-order valence-electron chi connectivity index (χ4n) is 2.19. The minimum Gasteiger partial charge on any atom is -0.478 e. The predicted octanol–water partition coefficient (Wildman–Crippen LogP) is 4.34. The molecule has 1 atom stereocenters. The highest BCUT2D eigenvalue weighted by molar-refractivity contribution is 6.30. The summed E-state index contributed by atoms with van der Waals surface area (Å²) in [6.45, 7) is 5.91. The summed E-state index contributed by atoms with van der Waals surface area (Å²) >= 11 is 5.99. The van der Waals surface area contributed by atoms with Gasteiger partial charge in [0, 0.05) is 11.4 Å². The number of aliphatic carboxylic acids is 1. The summed E-state index contributed by atoms with van der Waals surface area (Å²) in [5, 5.41) is 10.0. The lowest BCUT2D eigenvalue weighted by Crippen LogP contribution is -2.29. The van der Waals surface area contributed by atoms with Gasteiger partial charge in [-0.1, -0.05) is 23.7 Å². The van der Waals surface area contributed by atoms with Crippen LogP contribution in [0.1, 0.15) is 22.3 Å². The summed E-state index contributed by atoms with van der Waals surface area (Å²) in [4.78, 5) is 11.5. The molecule has 1 N–H and O–H groups in total. The number of carboxylic acid groups (broad SMARTS) is 1. The molecule has 0 saturated heterocycles. The third kappa shape index (κ3) is 4.01. The van der Waals surface area contributed by atoms with Crippen LogP contribution in [-0.4, -0.2) is 17.2 Å². The van der Waals surface area contributed by atoms with Gasteiger partial charge >= 0.3 is 5.97 Å². The molecule has 0 heterocycles. The van der Waals surface area contributed by atoms with Gasteiger partial charge in [-0.15, -0.1) is 0 Å². The molecule has 0 aliphatic heterocycles. The zero-order valence-electron chi connectivity index (χ0n) is 12.9. The lowest BCUT2D eigenvalue weighted by atomic mass is 10.0. The summed E-state index contributed by atoms with van der Waals surface area (Å²) < 4.78 is 5.67. The smallest absolute Gasteiger partial charge is 0.345 e. The summed E-state index contributed by atoms with van der Waals surface area (Å²) in [7, 11) is 0. The van der Waals surface area contributed by atoms with Crippen molar-refractivity contribution in [3.05, 3.63) is 63.7 Å². The van der Waals surface area contributed by atoms with Crippen molar-refractivity contribution in [1.82, 2.24) is 0 Å². The van der Waals surface area contributed by atoms with Crippen molar-refractivity contribution >= 4 is 17.6 Å². The van der Waals surface area contributed by atoms with E-state index in [-0.39, 0.29) is 6.42 Å². The molecule has 0 spiro atoms. The molecule has 0 aliphatic rings. The average Bonchev–Trinajstić information content (AvgIpc) is 2.45. The molecule has 0 amide bonds. The Morgan fingerprint density at radius 3 is 2.41 bits per heavy atom. The number of ether oxygens (including phenoxy) is 1. The van der Waals surface area contributed by atoms with Gasteiger partial charge in [-0.25, -0.2) is 4.79 Å². The van der Waals surface area contributed by atoms with Crippen LogP contribution in [0.4, 0.5) is 0 Å². The Hall–Kier alpha value is -2.00. The molecule has 0 aliphatic carbocycles. The van der Waals surface area contributed by atoms with Gasteiger partial charge < -0.3 is 9.84 Å². The van der Waals surface area contributed by atoms with Crippen LogP contribution >= 0.6 is 11.6 Å². The predicted molar refractivity (Wildman–Crippen MR) is 87.9 cm³/mol.